The average molecular weight is 605 g/mol. The molecule has 2 aliphatic rings. The molecule has 1 aliphatic carbocycles. The van der Waals surface area contributed by atoms with Gasteiger partial charge in [-0.1, -0.05) is 157 Å². The number of rotatable bonds is 3. The Balaban J connectivity index is 1.35. The minimum atomic E-state index is -0.525. The molecular weight excluding hydrogens is 577 g/mol. The highest BCUT2D eigenvalue weighted by atomic mass is 32.2. The molecule has 6 aromatic carbocycles. The molecule has 0 amide bonds. The molecule has 0 fully saturated rings. The van der Waals surface area contributed by atoms with Crippen molar-refractivity contribution < 1.29 is 0 Å². The molecule has 0 bridgehead atoms. The number of hydrogen-bond donors (Lipinski definition) is 0. The normalized spacial score (nSPS) is 13.7. The molecule has 0 saturated heterocycles. The highest BCUT2D eigenvalue weighted by Gasteiger charge is 2.46. The summed E-state index contributed by atoms with van der Waals surface area (Å²) < 4.78 is 0. The van der Waals surface area contributed by atoms with Crippen LogP contribution in [-0.2, 0) is 5.41 Å². The number of fused-ring (bicyclic) bond motifs is 8. The molecule has 0 radical (unpaired) electrons. The Kier molecular flexibility index (Phi) is 6.32. The van der Waals surface area contributed by atoms with E-state index >= 15 is 0 Å². The molecule has 2 heterocycles. The van der Waals surface area contributed by atoms with Crippen molar-refractivity contribution in [3.8, 4) is 33.9 Å². The first-order valence-corrected chi connectivity index (χ1v) is 16.4. The second-order valence-corrected chi connectivity index (χ2v) is 12.8. The fourth-order valence-corrected chi connectivity index (χ4v) is 8.33. The van der Waals surface area contributed by atoms with Crippen LogP contribution in [0, 0.1) is 0 Å². The highest BCUT2D eigenvalue weighted by molar-refractivity contribution is 7.99. The van der Waals surface area contributed by atoms with Crippen LogP contribution in [0.25, 0.3) is 46.1 Å². The topological polar surface area (TPSA) is 25.8 Å². The molecule has 2 nitrogen and oxygen atoms in total. The number of benzene rings is 6. The van der Waals surface area contributed by atoms with Crippen molar-refractivity contribution in [1.82, 2.24) is 9.97 Å². The third-order valence-electron chi connectivity index (χ3n) is 9.19. The molecule has 0 saturated carbocycles. The first-order chi connectivity index (χ1) is 22.8. The monoisotopic (exact) mass is 604 g/mol. The lowest BCUT2D eigenvalue weighted by Gasteiger charge is -2.42. The fourth-order valence-electron chi connectivity index (χ4n) is 7.14. The van der Waals surface area contributed by atoms with Crippen molar-refractivity contribution >= 4 is 23.9 Å². The van der Waals surface area contributed by atoms with Gasteiger partial charge >= 0.3 is 0 Å². The quantitative estimate of drug-likeness (QED) is 0.201. The lowest BCUT2D eigenvalue weighted by molar-refractivity contribution is 0.701. The van der Waals surface area contributed by atoms with Crippen molar-refractivity contribution in [2.24, 2.45) is 0 Å². The second-order valence-electron chi connectivity index (χ2n) is 11.8. The van der Waals surface area contributed by atoms with Gasteiger partial charge in [-0.15, -0.1) is 0 Å². The van der Waals surface area contributed by atoms with Crippen LogP contribution in [0.1, 0.15) is 33.4 Å². The predicted octanol–water partition coefficient (Wildman–Crippen LogP) is 10.8. The zero-order valence-corrected chi connectivity index (χ0v) is 25.8. The Morgan fingerprint density at radius 3 is 1.50 bits per heavy atom. The van der Waals surface area contributed by atoms with Gasteiger partial charge in [0.1, 0.15) is 0 Å². The minimum absolute atomic E-state index is 0.525. The highest BCUT2D eigenvalue weighted by Crippen LogP contribution is 2.58. The molecule has 0 unspecified atom stereocenters. The van der Waals surface area contributed by atoms with Crippen LogP contribution in [0.15, 0.2) is 168 Å². The summed E-state index contributed by atoms with van der Waals surface area (Å²) in [6.07, 6.45) is 4.55. The fraction of sp³-hybridized carbons (Fsp3) is 0.0233. The van der Waals surface area contributed by atoms with E-state index < -0.39 is 5.41 Å². The molecule has 46 heavy (non-hydrogen) atoms. The van der Waals surface area contributed by atoms with E-state index in [0.717, 1.165) is 28.1 Å². The van der Waals surface area contributed by atoms with E-state index in [2.05, 4.69) is 158 Å². The molecule has 1 aromatic heterocycles. The Morgan fingerprint density at radius 2 is 0.891 bits per heavy atom. The minimum Gasteiger partial charge on any atom is -0.228 e. The van der Waals surface area contributed by atoms with Gasteiger partial charge in [0.25, 0.3) is 0 Å². The van der Waals surface area contributed by atoms with Crippen LogP contribution in [0.4, 0.5) is 0 Å². The van der Waals surface area contributed by atoms with Gasteiger partial charge < -0.3 is 0 Å². The Labute approximate surface area is 273 Å². The molecule has 9 rings (SSSR count). The van der Waals surface area contributed by atoms with Crippen LogP contribution < -0.4 is 0 Å². The van der Waals surface area contributed by atoms with Crippen LogP contribution in [0.2, 0.25) is 0 Å². The van der Waals surface area contributed by atoms with Crippen LogP contribution in [-0.4, -0.2) is 9.97 Å². The van der Waals surface area contributed by atoms with Gasteiger partial charge in [0, 0.05) is 26.5 Å². The zero-order chi connectivity index (χ0) is 30.5. The summed E-state index contributed by atoms with van der Waals surface area (Å²) in [5, 5.41) is 0. The van der Waals surface area contributed by atoms with Crippen LogP contribution in [0.3, 0.4) is 0 Å². The van der Waals surface area contributed by atoms with E-state index in [0.29, 0.717) is 5.82 Å². The summed E-state index contributed by atoms with van der Waals surface area (Å²) in [5.74, 6) is 0.714. The zero-order valence-electron chi connectivity index (χ0n) is 25.0. The Bertz CT molecular complexity index is 2190. The molecule has 216 valence electrons. The van der Waals surface area contributed by atoms with E-state index in [1.54, 1.807) is 0 Å². The van der Waals surface area contributed by atoms with E-state index in [-0.39, 0.29) is 0 Å². The third-order valence-corrected chi connectivity index (χ3v) is 10.3. The summed E-state index contributed by atoms with van der Waals surface area (Å²) in [6.45, 7) is 0. The SMILES string of the molecule is C1=Cc2ccc(-c3nc(-c4ccccc4)cc(-c4ccccc4)n3)cc2C2(c3ccccc31)c1ccccc1Sc1ccccc12. The standard InChI is InChI=1S/C43H28N2S/c1-3-14-31(15-4-1)38-28-39(32-16-5-2-6-17-32)45-42(44-38)33-26-25-30-24-23-29-13-7-8-18-34(29)43(37(30)27-33)35-19-9-11-21-40(35)46-41-22-12-10-20-36(41)43/h1-28H. The number of hydrogen-bond acceptors (Lipinski definition) is 3. The van der Waals surface area contributed by atoms with Crippen molar-refractivity contribution in [2.45, 2.75) is 15.2 Å². The Morgan fingerprint density at radius 1 is 0.391 bits per heavy atom. The summed E-state index contributed by atoms with van der Waals surface area (Å²) >= 11 is 1.86. The maximum Gasteiger partial charge on any atom is 0.160 e. The average Bonchev–Trinajstić information content (AvgIpc) is 3.27. The molecule has 7 aromatic rings. The van der Waals surface area contributed by atoms with E-state index in [9.17, 15) is 0 Å². The van der Waals surface area contributed by atoms with Crippen LogP contribution in [0.5, 0.6) is 0 Å². The predicted molar refractivity (Wildman–Crippen MR) is 190 cm³/mol. The van der Waals surface area contributed by atoms with Crippen molar-refractivity contribution in [1.29, 1.82) is 0 Å². The summed E-state index contributed by atoms with van der Waals surface area (Å²) in [4.78, 5) is 13.0. The number of aromatic nitrogens is 2. The van der Waals surface area contributed by atoms with Crippen LogP contribution >= 0.6 is 11.8 Å². The van der Waals surface area contributed by atoms with Gasteiger partial charge in [-0.3, -0.25) is 0 Å². The Hall–Kier alpha value is -5.51. The van der Waals surface area contributed by atoms with Gasteiger partial charge in [0.15, 0.2) is 5.82 Å². The molecule has 0 N–H and O–H groups in total. The lowest BCUT2D eigenvalue weighted by Crippen LogP contribution is -2.35. The molecule has 1 aliphatic heterocycles. The van der Waals surface area contributed by atoms with Gasteiger partial charge in [-0.2, -0.15) is 0 Å². The summed E-state index contributed by atoms with van der Waals surface area (Å²) in [5.41, 5.74) is 12.0. The first kappa shape index (κ1) is 26.9. The van der Waals surface area contributed by atoms with Gasteiger partial charge in [0.05, 0.1) is 16.8 Å². The molecule has 3 heteroatoms. The first-order valence-electron chi connectivity index (χ1n) is 15.6. The van der Waals surface area contributed by atoms with Gasteiger partial charge in [-0.25, -0.2) is 9.97 Å². The summed E-state index contributed by atoms with van der Waals surface area (Å²) in [7, 11) is 0. The molecule has 1 spiro atoms. The van der Waals surface area contributed by atoms with Crippen molar-refractivity contribution in [3.05, 3.63) is 191 Å². The van der Waals surface area contributed by atoms with E-state index in [1.165, 1.54) is 43.2 Å². The van der Waals surface area contributed by atoms with Crippen molar-refractivity contribution in [3.63, 3.8) is 0 Å². The smallest absolute Gasteiger partial charge is 0.160 e. The van der Waals surface area contributed by atoms with E-state index in [4.69, 9.17) is 9.97 Å². The van der Waals surface area contributed by atoms with Gasteiger partial charge in [-0.05, 0) is 57.6 Å². The second kappa shape index (κ2) is 10.8. The molecular formula is C43H28N2S. The summed E-state index contributed by atoms with van der Waals surface area (Å²) in [6, 6.07) is 56.4. The van der Waals surface area contributed by atoms with Gasteiger partial charge in [0.2, 0.25) is 0 Å². The van der Waals surface area contributed by atoms with E-state index in [1.807, 2.05) is 23.9 Å². The maximum absolute atomic E-state index is 5.21. The molecule has 0 atom stereocenters. The third kappa shape index (κ3) is 4.20. The van der Waals surface area contributed by atoms with Crippen molar-refractivity contribution in [2.75, 3.05) is 0 Å². The maximum atomic E-state index is 5.21. The lowest BCUT2D eigenvalue weighted by atomic mass is 9.63. The largest absolute Gasteiger partial charge is 0.228 e. The number of nitrogens with zero attached hydrogens (tertiary/aromatic N) is 2.